The first kappa shape index (κ1) is 44.2. The first-order valence-electron chi connectivity index (χ1n) is 25.6. The van der Waals surface area contributed by atoms with Gasteiger partial charge in [0.1, 0.15) is 0 Å². The fraction of sp³-hybridized carbons (Fsp3) is 0. The van der Waals surface area contributed by atoms with E-state index in [4.69, 9.17) is 0 Å². The minimum atomic E-state index is 1.08. The molecule has 75 heavy (non-hydrogen) atoms. The monoisotopic (exact) mass is 972 g/mol. The van der Waals surface area contributed by atoms with Crippen molar-refractivity contribution in [3.8, 4) is 72.4 Å². The van der Waals surface area contributed by atoms with Gasteiger partial charge in [0.15, 0.2) is 0 Å². The van der Waals surface area contributed by atoms with Crippen molar-refractivity contribution in [1.82, 2.24) is 4.57 Å². The molecule has 2 heterocycles. The number of aromatic nitrogens is 1. The molecule has 2 nitrogen and oxygen atoms in total. The van der Waals surface area contributed by atoms with Crippen LogP contribution in [0.15, 0.2) is 291 Å². The van der Waals surface area contributed by atoms with Gasteiger partial charge >= 0.3 is 0 Å². The highest BCUT2D eigenvalue weighted by Gasteiger charge is 2.20. The zero-order valence-electron chi connectivity index (χ0n) is 41.0. The van der Waals surface area contributed by atoms with E-state index in [9.17, 15) is 0 Å². The summed E-state index contributed by atoms with van der Waals surface area (Å²) in [4.78, 5) is 2.38. The molecule has 0 radical (unpaired) electrons. The van der Waals surface area contributed by atoms with Crippen LogP contribution < -0.4 is 4.90 Å². The van der Waals surface area contributed by atoms with Crippen LogP contribution in [-0.4, -0.2) is 4.57 Å². The number of para-hydroxylation sites is 1. The first-order valence-corrected chi connectivity index (χ1v) is 26.5. The molecule has 0 bridgehead atoms. The van der Waals surface area contributed by atoms with E-state index in [0.29, 0.717) is 0 Å². The molecule has 12 aromatic carbocycles. The van der Waals surface area contributed by atoms with Crippen LogP contribution in [0.2, 0.25) is 0 Å². The zero-order valence-corrected chi connectivity index (χ0v) is 41.8. The average Bonchev–Trinajstić information content (AvgIpc) is 4.05. The summed E-state index contributed by atoms with van der Waals surface area (Å²) in [6, 6.07) is 106. The van der Waals surface area contributed by atoms with Crippen molar-refractivity contribution in [2.75, 3.05) is 4.90 Å². The van der Waals surface area contributed by atoms with Crippen LogP contribution in [0.3, 0.4) is 0 Å². The summed E-state index contributed by atoms with van der Waals surface area (Å²) in [5.41, 5.74) is 21.2. The van der Waals surface area contributed by atoms with Gasteiger partial charge in [0.25, 0.3) is 0 Å². The number of rotatable bonds is 10. The normalized spacial score (nSPS) is 11.5. The Labute approximate surface area is 440 Å². The van der Waals surface area contributed by atoms with Crippen molar-refractivity contribution >= 4 is 70.4 Å². The van der Waals surface area contributed by atoms with Crippen LogP contribution in [0.5, 0.6) is 0 Å². The predicted octanol–water partition coefficient (Wildman–Crippen LogP) is 20.6. The minimum absolute atomic E-state index is 1.08. The summed E-state index contributed by atoms with van der Waals surface area (Å²) in [5, 5.41) is 5.11. The Balaban J connectivity index is 0.838. The van der Waals surface area contributed by atoms with E-state index in [2.05, 4.69) is 301 Å². The first-order chi connectivity index (χ1) is 37.2. The van der Waals surface area contributed by atoms with E-state index in [-0.39, 0.29) is 0 Å². The highest BCUT2D eigenvalue weighted by atomic mass is 32.1. The summed E-state index contributed by atoms with van der Waals surface area (Å²) in [6.07, 6.45) is 0. The van der Waals surface area contributed by atoms with Crippen LogP contribution >= 0.6 is 11.3 Å². The van der Waals surface area contributed by atoms with Crippen molar-refractivity contribution < 1.29 is 0 Å². The highest BCUT2D eigenvalue weighted by Crippen LogP contribution is 2.44. The van der Waals surface area contributed by atoms with Crippen molar-refractivity contribution in [2.24, 2.45) is 0 Å². The van der Waals surface area contributed by atoms with Crippen LogP contribution in [0.25, 0.3) is 114 Å². The van der Waals surface area contributed by atoms with Crippen LogP contribution in [0, 0.1) is 0 Å². The summed E-state index contributed by atoms with van der Waals surface area (Å²) in [7, 11) is 0. The van der Waals surface area contributed by atoms with Gasteiger partial charge in [0.05, 0.1) is 21.4 Å². The topological polar surface area (TPSA) is 8.17 Å². The smallest absolute Gasteiger partial charge is 0.0640 e. The summed E-state index contributed by atoms with van der Waals surface area (Å²) < 4.78 is 5.09. The third-order valence-electron chi connectivity index (χ3n) is 14.8. The number of hydrogen-bond donors (Lipinski definition) is 0. The van der Waals surface area contributed by atoms with E-state index < -0.39 is 0 Å². The van der Waals surface area contributed by atoms with E-state index in [1.165, 1.54) is 103 Å². The van der Waals surface area contributed by atoms with Gasteiger partial charge in [-0.2, -0.15) is 0 Å². The number of fused-ring (bicyclic) bond motifs is 6. The lowest BCUT2D eigenvalue weighted by molar-refractivity contribution is 1.20. The van der Waals surface area contributed by atoms with Gasteiger partial charge in [0.2, 0.25) is 0 Å². The van der Waals surface area contributed by atoms with Crippen LogP contribution in [0.4, 0.5) is 17.1 Å². The minimum Gasteiger partial charge on any atom is -0.310 e. The Hall–Kier alpha value is -9.54. The Kier molecular flexibility index (Phi) is 11.1. The third kappa shape index (κ3) is 8.08. The second kappa shape index (κ2) is 18.8. The highest BCUT2D eigenvalue weighted by molar-refractivity contribution is 7.26. The van der Waals surface area contributed by atoms with Crippen molar-refractivity contribution in [2.45, 2.75) is 0 Å². The SMILES string of the molecule is c1ccc(-c2ccc(-c3ccc(N(c4ccc(-c5ccc(-c6ccccc6)cc5)cc4)c4cccc(-c5cccc(-c6cccc7c6c6ccccc6n7-c6cccc7c6sc6ccccc67)c5)c4)cc3)cc2)cc1. The van der Waals surface area contributed by atoms with Crippen molar-refractivity contribution in [3.63, 3.8) is 0 Å². The van der Waals surface area contributed by atoms with Gasteiger partial charge in [0, 0.05) is 43.3 Å². The molecule has 0 spiro atoms. The summed E-state index contributed by atoms with van der Waals surface area (Å²) >= 11 is 1.88. The lowest BCUT2D eigenvalue weighted by Crippen LogP contribution is -2.10. The van der Waals surface area contributed by atoms with Gasteiger partial charge < -0.3 is 9.47 Å². The molecular weight excluding hydrogens is 925 g/mol. The maximum absolute atomic E-state index is 2.48. The Morgan fingerprint density at radius 1 is 0.267 bits per heavy atom. The number of benzene rings is 12. The average molecular weight is 973 g/mol. The molecule has 0 amide bonds. The lowest BCUT2D eigenvalue weighted by atomic mass is 9.95. The van der Waals surface area contributed by atoms with E-state index in [1.807, 2.05) is 11.3 Å². The van der Waals surface area contributed by atoms with E-state index in [1.54, 1.807) is 0 Å². The second-order valence-electron chi connectivity index (χ2n) is 19.3. The molecule has 0 aliphatic heterocycles. The quantitative estimate of drug-likeness (QED) is 0.133. The Bertz CT molecular complexity index is 4230. The fourth-order valence-electron chi connectivity index (χ4n) is 11.1. The molecule has 0 saturated heterocycles. The molecular formula is C72H48N2S. The molecule has 0 atom stereocenters. The molecule has 0 unspecified atom stereocenters. The maximum Gasteiger partial charge on any atom is 0.0640 e. The maximum atomic E-state index is 2.48. The molecule has 352 valence electrons. The van der Waals surface area contributed by atoms with Crippen molar-refractivity contribution in [3.05, 3.63) is 291 Å². The third-order valence-corrected chi connectivity index (χ3v) is 16.0. The van der Waals surface area contributed by atoms with Gasteiger partial charge in [-0.25, -0.2) is 0 Å². The molecule has 0 aliphatic rings. The summed E-state index contributed by atoms with van der Waals surface area (Å²) in [6.45, 7) is 0. The largest absolute Gasteiger partial charge is 0.310 e. The van der Waals surface area contributed by atoms with Gasteiger partial charge in [-0.05, 0) is 133 Å². The predicted molar refractivity (Wildman–Crippen MR) is 321 cm³/mol. The second-order valence-corrected chi connectivity index (χ2v) is 20.3. The Morgan fingerprint density at radius 3 is 1.31 bits per heavy atom. The molecule has 0 saturated carbocycles. The Morgan fingerprint density at radius 2 is 0.693 bits per heavy atom. The molecule has 0 aliphatic carbocycles. The van der Waals surface area contributed by atoms with Gasteiger partial charge in [-0.15, -0.1) is 11.3 Å². The molecule has 0 N–H and O–H groups in total. The molecule has 3 heteroatoms. The number of nitrogens with zero attached hydrogens (tertiary/aromatic N) is 2. The van der Waals surface area contributed by atoms with Gasteiger partial charge in [-0.1, -0.05) is 224 Å². The zero-order chi connectivity index (χ0) is 49.7. The van der Waals surface area contributed by atoms with E-state index in [0.717, 1.165) is 28.2 Å². The number of hydrogen-bond acceptors (Lipinski definition) is 2. The standard InChI is InChI=1S/C72H48N2S/c1-3-15-49(16-4-1)51-31-35-53(36-32-51)55-39-43-60(44-40-55)73(61-45-41-56(42-46-61)54-37-33-52(34-38-54)50-17-5-2-6-18-50)62-22-12-20-58(48-62)57-19-11-21-59(47-57)63-25-13-28-68-71(63)66-24-7-9-27-67(66)74(68)69-29-14-26-65-64-23-8-10-30-70(64)75-72(65)69/h1-48H. The van der Waals surface area contributed by atoms with E-state index >= 15 is 0 Å². The van der Waals surface area contributed by atoms with Crippen LogP contribution in [-0.2, 0) is 0 Å². The molecule has 14 aromatic rings. The number of thiophene rings is 1. The lowest BCUT2D eigenvalue weighted by Gasteiger charge is -2.26. The van der Waals surface area contributed by atoms with Gasteiger partial charge in [-0.3, -0.25) is 0 Å². The fourth-order valence-corrected chi connectivity index (χ4v) is 12.3. The van der Waals surface area contributed by atoms with Crippen LogP contribution in [0.1, 0.15) is 0 Å². The molecule has 14 rings (SSSR count). The summed E-state index contributed by atoms with van der Waals surface area (Å²) in [5.74, 6) is 0. The number of anilines is 3. The molecule has 0 fully saturated rings. The van der Waals surface area contributed by atoms with Crippen molar-refractivity contribution in [1.29, 1.82) is 0 Å². The molecule has 2 aromatic heterocycles.